The van der Waals surface area contributed by atoms with Gasteiger partial charge in [0.05, 0.1) is 17.6 Å². The number of fused-ring (bicyclic) bond motifs is 2. The second kappa shape index (κ2) is 8.09. The third-order valence-electron chi connectivity index (χ3n) is 4.64. The van der Waals surface area contributed by atoms with Crippen molar-refractivity contribution in [2.24, 2.45) is 0 Å². The van der Waals surface area contributed by atoms with Crippen LogP contribution in [0.25, 0.3) is 28.2 Å². The molecule has 0 bridgehead atoms. The highest BCUT2D eigenvalue weighted by molar-refractivity contribution is 5.81. The summed E-state index contributed by atoms with van der Waals surface area (Å²) >= 11 is 0. The van der Waals surface area contributed by atoms with Crippen molar-refractivity contribution in [1.29, 1.82) is 0 Å². The fraction of sp³-hybridized carbons (Fsp3) is 0.182. The van der Waals surface area contributed by atoms with E-state index in [1.54, 1.807) is 4.57 Å². The third-order valence-corrected chi connectivity index (χ3v) is 4.64. The molecule has 29 heavy (non-hydrogen) atoms. The van der Waals surface area contributed by atoms with E-state index < -0.39 is 11.2 Å². The minimum atomic E-state index is -0.582. The molecule has 0 fully saturated rings. The molecule has 2 aliphatic rings. The first-order valence-electron chi connectivity index (χ1n) is 9.32. The van der Waals surface area contributed by atoms with E-state index in [0.717, 1.165) is 15.8 Å². The maximum Gasteiger partial charge on any atom is 0.352 e. The first-order chi connectivity index (χ1) is 14.2. The van der Waals surface area contributed by atoms with Gasteiger partial charge < -0.3 is 5.32 Å². The topological polar surface area (TPSA) is 81.8 Å². The molecule has 2 aromatic rings. The molecule has 0 atom stereocenters. The minimum absolute atomic E-state index is 0.170. The molecule has 2 heterocycles. The van der Waals surface area contributed by atoms with Crippen molar-refractivity contribution in [2.75, 3.05) is 13.1 Å². The summed E-state index contributed by atoms with van der Waals surface area (Å²) in [5.74, 6) is 2.74. The number of nitrogens with one attached hydrogen (secondary N) is 1. The maximum atomic E-state index is 13.1. The molecule has 2 aromatic carbocycles. The first kappa shape index (κ1) is 18.6. The lowest BCUT2D eigenvalue weighted by Crippen LogP contribution is -2.39. The number of para-hydroxylation sites is 3. The van der Waals surface area contributed by atoms with E-state index in [0.29, 0.717) is 25.0 Å². The Morgan fingerprint density at radius 2 is 1.76 bits per heavy atom. The van der Waals surface area contributed by atoms with Gasteiger partial charge in [0.1, 0.15) is 0 Å². The SMILES string of the molecule is C#CCNCCCn1c(=O)nc2n(-c3ccccc3)c3ccccc3nc-2c1=O. The van der Waals surface area contributed by atoms with Crippen LogP contribution < -0.4 is 16.6 Å². The summed E-state index contributed by atoms with van der Waals surface area (Å²) in [6, 6.07) is 17.0. The highest BCUT2D eigenvalue weighted by atomic mass is 16.2. The van der Waals surface area contributed by atoms with Crippen molar-refractivity contribution in [1.82, 2.24) is 24.4 Å². The van der Waals surface area contributed by atoms with E-state index in [9.17, 15) is 9.59 Å². The van der Waals surface area contributed by atoms with Crippen LogP contribution in [0.5, 0.6) is 0 Å². The fourth-order valence-electron chi connectivity index (χ4n) is 3.31. The van der Waals surface area contributed by atoms with Crippen molar-refractivity contribution in [2.45, 2.75) is 13.0 Å². The second-order valence-corrected chi connectivity index (χ2v) is 6.53. The van der Waals surface area contributed by atoms with Gasteiger partial charge in [-0.2, -0.15) is 4.98 Å². The van der Waals surface area contributed by atoms with Crippen LogP contribution in [0.4, 0.5) is 0 Å². The number of aromatic nitrogens is 4. The lowest BCUT2D eigenvalue weighted by molar-refractivity contribution is 0.564. The van der Waals surface area contributed by atoms with Crippen molar-refractivity contribution < 1.29 is 0 Å². The van der Waals surface area contributed by atoms with Gasteiger partial charge >= 0.3 is 5.69 Å². The standard InChI is InChI=1S/C22H19N5O2/c1-2-13-23-14-8-15-26-21(28)19-20(25-22(26)29)27(16-9-4-3-5-10-16)18-12-7-6-11-17(18)24-19/h1,3-7,9-12,23H,8,13-15H2. The van der Waals surface area contributed by atoms with Gasteiger partial charge in [-0.3, -0.25) is 13.9 Å². The summed E-state index contributed by atoms with van der Waals surface area (Å²) in [5, 5.41) is 3.04. The van der Waals surface area contributed by atoms with Gasteiger partial charge in [-0.15, -0.1) is 6.42 Å². The molecule has 0 saturated heterocycles. The molecule has 0 unspecified atom stereocenters. The molecule has 4 rings (SSSR count). The second-order valence-electron chi connectivity index (χ2n) is 6.53. The Hall–Kier alpha value is -3.76. The smallest absolute Gasteiger partial charge is 0.306 e. The maximum absolute atomic E-state index is 13.1. The van der Waals surface area contributed by atoms with Gasteiger partial charge in [-0.25, -0.2) is 9.78 Å². The average Bonchev–Trinajstić information content (AvgIpc) is 2.75. The van der Waals surface area contributed by atoms with Crippen LogP contribution in [0.2, 0.25) is 0 Å². The Kier molecular flexibility index (Phi) is 5.18. The van der Waals surface area contributed by atoms with Crippen molar-refractivity contribution in [3.8, 4) is 29.5 Å². The predicted molar refractivity (Wildman–Crippen MR) is 112 cm³/mol. The number of hydrogen-bond donors (Lipinski definition) is 1. The number of hydrogen-bond acceptors (Lipinski definition) is 5. The van der Waals surface area contributed by atoms with Crippen molar-refractivity contribution in [3.05, 3.63) is 75.4 Å². The van der Waals surface area contributed by atoms with Gasteiger partial charge in [0, 0.05) is 12.2 Å². The molecule has 7 heteroatoms. The van der Waals surface area contributed by atoms with E-state index >= 15 is 0 Å². The normalized spacial score (nSPS) is 11.0. The molecule has 0 aromatic heterocycles. The number of nitrogens with zero attached hydrogens (tertiary/aromatic N) is 4. The average molecular weight is 385 g/mol. The van der Waals surface area contributed by atoms with Crippen molar-refractivity contribution in [3.63, 3.8) is 0 Å². The molecule has 0 saturated carbocycles. The Morgan fingerprint density at radius 1 is 1.00 bits per heavy atom. The molecule has 144 valence electrons. The highest BCUT2D eigenvalue weighted by Gasteiger charge is 2.22. The molecular formula is C22H19N5O2. The van der Waals surface area contributed by atoms with Crippen LogP contribution in [0.1, 0.15) is 6.42 Å². The zero-order chi connectivity index (χ0) is 20.2. The zero-order valence-electron chi connectivity index (χ0n) is 15.7. The van der Waals surface area contributed by atoms with E-state index in [4.69, 9.17) is 6.42 Å². The van der Waals surface area contributed by atoms with Crippen LogP contribution in [0.3, 0.4) is 0 Å². The Bertz CT molecular complexity index is 1280. The van der Waals surface area contributed by atoms with Crippen LogP contribution in [0.15, 0.2) is 64.2 Å². The zero-order valence-corrected chi connectivity index (χ0v) is 15.7. The van der Waals surface area contributed by atoms with E-state index in [2.05, 4.69) is 21.2 Å². The monoisotopic (exact) mass is 385 g/mol. The molecule has 1 N–H and O–H groups in total. The Morgan fingerprint density at radius 3 is 2.55 bits per heavy atom. The Labute approximate surface area is 167 Å². The lowest BCUT2D eigenvalue weighted by Gasteiger charge is -2.17. The molecule has 0 aliphatic carbocycles. The number of benzene rings is 2. The van der Waals surface area contributed by atoms with Gasteiger partial charge in [0.2, 0.25) is 0 Å². The van der Waals surface area contributed by atoms with Gasteiger partial charge in [0.25, 0.3) is 5.56 Å². The summed E-state index contributed by atoms with van der Waals surface area (Å²) in [5.41, 5.74) is 1.38. The third kappa shape index (κ3) is 3.53. The van der Waals surface area contributed by atoms with Crippen LogP contribution in [-0.4, -0.2) is 32.2 Å². The summed E-state index contributed by atoms with van der Waals surface area (Å²) in [6.45, 7) is 1.29. The quantitative estimate of drug-likeness (QED) is 0.310. The highest BCUT2D eigenvalue weighted by Crippen LogP contribution is 2.24. The molecule has 0 spiro atoms. The number of rotatable bonds is 6. The Balaban J connectivity index is 1.90. The summed E-state index contributed by atoms with van der Waals surface area (Å²) < 4.78 is 2.94. The molecule has 2 aliphatic heterocycles. The predicted octanol–water partition coefficient (Wildman–Crippen LogP) is 1.66. The molecule has 0 amide bonds. The van der Waals surface area contributed by atoms with Gasteiger partial charge in [0.15, 0.2) is 11.5 Å². The van der Waals surface area contributed by atoms with Crippen molar-refractivity contribution >= 4 is 11.0 Å². The van der Waals surface area contributed by atoms with Crippen LogP contribution in [-0.2, 0) is 6.54 Å². The number of terminal acetylenes is 1. The first-order valence-corrected chi connectivity index (χ1v) is 9.32. The fourth-order valence-corrected chi connectivity index (χ4v) is 3.31. The van der Waals surface area contributed by atoms with E-state index in [1.165, 1.54) is 0 Å². The van der Waals surface area contributed by atoms with Crippen LogP contribution >= 0.6 is 0 Å². The molecular weight excluding hydrogens is 366 g/mol. The van der Waals surface area contributed by atoms with E-state index in [-0.39, 0.29) is 18.1 Å². The summed E-state index contributed by atoms with van der Waals surface area (Å²) in [7, 11) is 0. The summed E-state index contributed by atoms with van der Waals surface area (Å²) in [4.78, 5) is 34.5. The summed E-state index contributed by atoms with van der Waals surface area (Å²) in [6.07, 6.45) is 5.78. The van der Waals surface area contributed by atoms with Crippen LogP contribution in [0, 0.1) is 12.3 Å². The molecule has 7 nitrogen and oxygen atoms in total. The lowest BCUT2D eigenvalue weighted by atomic mass is 10.2. The van der Waals surface area contributed by atoms with Gasteiger partial charge in [-0.1, -0.05) is 36.3 Å². The minimum Gasteiger partial charge on any atom is -0.306 e. The molecule has 0 radical (unpaired) electrons. The van der Waals surface area contributed by atoms with E-state index in [1.807, 2.05) is 54.6 Å². The van der Waals surface area contributed by atoms with Gasteiger partial charge in [-0.05, 0) is 37.2 Å². The largest absolute Gasteiger partial charge is 0.352 e.